The number of alkyl halides is 3. The third-order valence-electron chi connectivity index (χ3n) is 11.4. The minimum atomic E-state index is -4.64. The topological polar surface area (TPSA) is 145 Å². The summed E-state index contributed by atoms with van der Waals surface area (Å²) >= 11 is 0. The van der Waals surface area contributed by atoms with Crippen LogP contribution >= 0.6 is 0 Å². The molecule has 0 radical (unpaired) electrons. The van der Waals surface area contributed by atoms with Gasteiger partial charge in [0.2, 0.25) is 23.6 Å². The first-order valence-electron chi connectivity index (χ1n) is 19.6. The van der Waals surface area contributed by atoms with Crippen LogP contribution in [0.2, 0.25) is 0 Å². The Morgan fingerprint density at radius 1 is 0.929 bits per heavy atom. The minimum Gasteiger partial charge on any atom is -0.379 e. The summed E-state index contributed by atoms with van der Waals surface area (Å²) in [5.41, 5.74) is -1.55. The number of aromatic amines is 1. The summed E-state index contributed by atoms with van der Waals surface area (Å²) in [5, 5.41) is 11.8. The lowest BCUT2D eigenvalue weighted by molar-refractivity contribution is -0.139. The van der Waals surface area contributed by atoms with E-state index in [-0.39, 0.29) is 54.0 Å². The summed E-state index contributed by atoms with van der Waals surface area (Å²) in [7, 11) is 0. The van der Waals surface area contributed by atoms with E-state index in [2.05, 4.69) is 31.2 Å². The molecular formula is C41H54F4N6O5. The van der Waals surface area contributed by atoms with Crippen molar-refractivity contribution in [3.8, 4) is 0 Å². The Morgan fingerprint density at radius 2 is 1.61 bits per heavy atom. The summed E-state index contributed by atoms with van der Waals surface area (Å²) in [5.74, 6) is -3.61. The van der Waals surface area contributed by atoms with Gasteiger partial charge in [-0.1, -0.05) is 70.9 Å². The summed E-state index contributed by atoms with van der Waals surface area (Å²) in [6.45, 7) is 11.4. The number of benzene rings is 2. The normalized spacial score (nSPS) is 19.6. The van der Waals surface area contributed by atoms with Crippen LogP contribution in [0.5, 0.6) is 0 Å². The third-order valence-corrected chi connectivity index (χ3v) is 11.4. The lowest BCUT2D eigenvalue weighted by atomic mass is 9.78. The van der Waals surface area contributed by atoms with Crippen molar-refractivity contribution in [2.75, 3.05) is 39.4 Å². The van der Waals surface area contributed by atoms with E-state index in [9.17, 15) is 36.7 Å². The zero-order chi connectivity index (χ0) is 40.6. The molecule has 1 saturated heterocycles. The molecule has 2 unspecified atom stereocenters. The highest BCUT2D eigenvalue weighted by Gasteiger charge is 2.47. The van der Waals surface area contributed by atoms with Gasteiger partial charge in [0.25, 0.3) is 0 Å². The molecule has 0 bridgehead atoms. The zero-order valence-electron chi connectivity index (χ0n) is 32.5. The molecule has 56 heavy (non-hydrogen) atoms. The molecule has 1 aliphatic carbocycles. The van der Waals surface area contributed by atoms with Gasteiger partial charge < -0.3 is 31.0 Å². The first-order valence-corrected chi connectivity index (χ1v) is 19.6. The Hall–Kier alpha value is -4.50. The van der Waals surface area contributed by atoms with Crippen molar-refractivity contribution >= 4 is 34.5 Å². The second-order valence-electron chi connectivity index (χ2n) is 15.2. The monoisotopic (exact) mass is 786 g/mol. The average molecular weight is 787 g/mol. The van der Waals surface area contributed by atoms with Crippen LogP contribution in [0, 0.1) is 17.7 Å². The van der Waals surface area contributed by atoms with Gasteiger partial charge in [-0.15, -0.1) is 0 Å². The van der Waals surface area contributed by atoms with Crippen molar-refractivity contribution in [3.63, 3.8) is 0 Å². The number of amides is 4. The van der Waals surface area contributed by atoms with Crippen LogP contribution in [0.25, 0.3) is 10.9 Å². The van der Waals surface area contributed by atoms with Crippen LogP contribution in [0.1, 0.15) is 75.8 Å². The zero-order valence-corrected chi connectivity index (χ0v) is 32.5. The summed E-state index contributed by atoms with van der Waals surface area (Å²) in [6.07, 6.45) is -3.33. The SMILES string of the molecule is CCC(C)[C@H](NC(=O)Cc1ccccc1F)C(=O)N[C@]1(C(=O)NC(C(=O)NCCCN2CCOCC2)[C@@H](C)CC)CCc2[nH]c3c(C(F)(F)F)cccc3c2C1. The number of hydrogen-bond acceptors (Lipinski definition) is 6. The highest BCUT2D eigenvalue weighted by atomic mass is 19.4. The number of halogens is 4. The van der Waals surface area contributed by atoms with E-state index in [0.29, 0.717) is 50.3 Å². The van der Waals surface area contributed by atoms with Crippen molar-refractivity contribution in [2.45, 2.75) is 96.4 Å². The van der Waals surface area contributed by atoms with Gasteiger partial charge >= 0.3 is 6.18 Å². The lowest BCUT2D eigenvalue weighted by Gasteiger charge is -2.39. The molecule has 4 amide bonds. The van der Waals surface area contributed by atoms with Crippen LogP contribution < -0.4 is 21.3 Å². The second kappa shape index (κ2) is 18.6. The van der Waals surface area contributed by atoms with E-state index >= 15 is 0 Å². The van der Waals surface area contributed by atoms with E-state index in [4.69, 9.17) is 4.74 Å². The van der Waals surface area contributed by atoms with E-state index in [1.54, 1.807) is 19.1 Å². The van der Waals surface area contributed by atoms with Gasteiger partial charge in [0.1, 0.15) is 23.4 Å². The Morgan fingerprint density at radius 3 is 2.27 bits per heavy atom. The number of carbonyl (C=O) groups excluding carboxylic acids is 4. The Balaban J connectivity index is 1.43. The maximum Gasteiger partial charge on any atom is 0.418 e. The number of H-pyrrole nitrogens is 1. The maximum absolute atomic E-state index is 14.7. The van der Waals surface area contributed by atoms with Gasteiger partial charge in [0.15, 0.2) is 0 Å². The van der Waals surface area contributed by atoms with Gasteiger partial charge in [0.05, 0.1) is 30.7 Å². The lowest BCUT2D eigenvalue weighted by Crippen LogP contribution is -2.67. The van der Waals surface area contributed by atoms with Crippen molar-refractivity contribution in [1.29, 1.82) is 0 Å². The number of fused-ring (bicyclic) bond motifs is 3. The van der Waals surface area contributed by atoms with E-state index < -0.39 is 58.8 Å². The Kier molecular flexibility index (Phi) is 14.2. The van der Waals surface area contributed by atoms with Crippen molar-refractivity contribution in [3.05, 3.63) is 70.7 Å². The third kappa shape index (κ3) is 10.1. The number of aryl methyl sites for hydroxylation is 1. The number of carbonyl (C=O) groups is 4. The molecule has 11 nitrogen and oxygen atoms in total. The Bertz CT molecular complexity index is 1860. The van der Waals surface area contributed by atoms with Crippen molar-refractivity contribution in [1.82, 2.24) is 31.2 Å². The molecule has 15 heteroatoms. The second-order valence-corrected chi connectivity index (χ2v) is 15.2. The quantitative estimate of drug-likeness (QED) is 0.104. The first-order chi connectivity index (χ1) is 26.7. The molecule has 306 valence electrons. The fraction of sp³-hybridized carbons (Fsp3) is 0.561. The number of para-hydroxylation sites is 1. The average Bonchev–Trinajstić information content (AvgIpc) is 3.55. The number of rotatable bonds is 16. The molecular weight excluding hydrogens is 732 g/mol. The number of ether oxygens (including phenoxy) is 1. The standard InChI is InChI=1S/C41H54F4N6O5/c1-5-25(3)34(37(53)46-17-10-18-51-19-21-56-22-20-51)49-39(55)40(16-15-32-29(24-40)28-12-9-13-30(36(28)47-32)41(43,44)45)50-38(54)35(26(4)6-2)48-33(52)23-27-11-7-8-14-31(27)42/h7-9,11-14,25-26,34-35,47H,5-6,10,15-24H2,1-4H3,(H,46,53)(H,48,52)(H,49,55)(H,50,54)/t25-,26?,34?,35-,40+/m0/s1. The van der Waals surface area contributed by atoms with Gasteiger partial charge in [-0.3, -0.25) is 24.1 Å². The fourth-order valence-electron chi connectivity index (χ4n) is 7.55. The fourth-order valence-corrected chi connectivity index (χ4v) is 7.55. The molecule has 5 atom stereocenters. The number of morpholine rings is 1. The smallest absolute Gasteiger partial charge is 0.379 e. The van der Waals surface area contributed by atoms with E-state index in [0.717, 1.165) is 25.7 Å². The van der Waals surface area contributed by atoms with Crippen LogP contribution in [0.3, 0.4) is 0 Å². The number of nitrogens with one attached hydrogen (secondary N) is 5. The van der Waals surface area contributed by atoms with Crippen molar-refractivity contribution in [2.24, 2.45) is 11.8 Å². The molecule has 0 spiro atoms. The van der Waals surface area contributed by atoms with Gasteiger partial charge in [-0.05, 0) is 60.9 Å². The van der Waals surface area contributed by atoms with E-state index in [1.807, 2.05) is 20.8 Å². The van der Waals surface area contributed by atoms with Crippen LogP contribution in [0.4, 0.5) is 17.6 Å². The molecule has 0 saturated carbocycles. The predicted molar refractivity (Wildman–Crippen MR) is 204 cm³/mol. The summed E-state index contributed by atoms with van der Waals surface area (Å²) < 4.78 is 62.1. The van der Waals surface area contributed by atoms with Crippen molar-refractivity contribution < 1.29 is 41.5 Å². The molecule has 1 fully saturated rings. The van der Waals surface area contributed by atoms with Gasteiger partial charge in [-0.25, -0.2) is 4.39 Å². The van der Waals surface area contributed by atoms with Gasteiger partial charge in [0, 0.05) is 37.1 Å². The number of nitrogens with zero attached hydrogens (tertiary/aromatic N) is 1. The molecule has 5 N–H and O–H groups in total. The summed E-state index contributed by atoms with van der Waals surface area (Å²) in [4.78, 5) is 61.2. The molecule has 2 heterocycles. The molecule has 5 rings (SSSR count). The highest BCUT2D eigenvalue weighted by molar-refractivity contribution is 5.98. The number of aromatic nitrogens is 1. The van der Waals surface area contributed by atoms with E-state index in [1.165, 1.54) is 24.3 Å². The van der Waals surface area contributed by atoms with Crippen LogP contribution in [-0.2, 0) is 49.4 Å². The molecule has 2 aliphatic rings. The molecule has 1 aromatic heterocycles. The Labute approximate surface area is 325 Å². The number of hydrogen-bond donors (Lipinski definition) is 5. The largest absolute Gasteiger partial charge is 0.418 e. The first kappa shape index (κ1) is 42.6. The van der Waals surface area contributed by atoms with Gasteiger partial charge in [-0.2, -0.15) is 13.2 Å². The van der Waals surface area contributed by atoms with Crippen LogP contribution in [0.15, 0.2) is 42.5 Å². The minimum absolute atomic E-state index is 0.00343. The maximum atomic E-state index is 14.7. The molecule has 3 aromatic rings. The molecule has 2 aromatic carbocycles. The predicted octanol–water partition coefficient (Wildman–Crippen LogP) is 4.81. The van der Waals surface area contributed by atoms with Crippen LogP contribution in [-0.4, -0.2) is 90.5 Å². The summed E-state index contributed by atoms with van der Waals surface area (Å²) in [6, 6.07) is 7.56. The molecule has 1 aliphatic heterocycles. The highest BCUT2D eigenvalue weighted by Crippen LogP contribution is 2.40.